The second-order valence-corrected chi connectivity index (χ2v) is 8.88. The fourth-order valence-electron chi connectivity index (χ4n) is 3.61. The van der Waals surface area contributed by atoms with Gasteiger partial charge in [0.15, 0.2) is 0 Å². The SMILES string of the molecule is [CH2-]CC/C=C\CC1C(Cl)CC(Cl)C1c1ccc(C(O)CCSC)cc1.[Y]. The van der Waals surface area contributed by atoms with E-state index in [1.54, 1.807) is 11.8 Å². The van der Waals surface area contributed by atoms with Gasteiger partial charge in [0, 0.05) is 49.4 Å². The zero-order valence-corrected chi connectivity index (χ0v) is 20.7. The molecule has 1 aliphatic carbocycles. The molecule has 1 N–H and O–H groups in total. The third-order valence-corrected chi connectivity index (χ3v) is 6.61. The monoisotopic (exact) mass is 488 g/mol. The molecule has 0 spiro atoms. The first-order valence-electron chi connectivity index (χ1n) is 9.07. The van der Waals surface area contributed by atoms with E-state index in [1.807, 2.05) is 12.1 Å². The number of allylic oxidation sites excluding steroid dienone is 2. The Labute approximate surface area is 198 Å². The van der Waals surface area contributed by atoms with Crippen LogP contribution in [0.4, 0.5) is 0 Å². The van der Waals surface area contributed by atoms with Crippen LogP contribution in [0.15, 0.2) is 36.4 Å². The molecule has 0 aliphatic heterocycles. The van der Waals surface area contributed by atoms with Crippen molar-refractivity contribution >= 4 is 35.0 Å². The molecule has 0 saturated heterocycles. The zero-order chi connectivity index (χ0) is 18.2. The summed E-state index contributed by atoms with van der Waals surface area (Å²) in [5.74, 6) is 1.59. The summed E-state index contributed by atoms with van der Waals surface area (Å²) in [6.07, 6.45) is 10.6. The second kappa shape index (κ2) is 13.2. The number of unbranched alkanes of at least 4 members (excludes halogenated alkanes) is 1. The van der Waals surface area contributed by atoms with E-state index in [9.17, 15) is 5.11 Å². The Hall–Kier alpha value is 0.954. The van der Waals surface area contributed by atoms with E-state index in [-0.39, 0.29) is 55.5 Å². The van der Waals surface area contributed by atoms with Crippen LogP contribution in [0, 0.1) is 12.8 Å². The van der Waals surface area contributed by atoms with E-state index in [4.69, 9.17) is 23.2 Å². The number of aliphatic hydroxyl groups is 1. The van der Waals surface area contributed by atoms with Gasteiger partial charge in [-0.2, -0.15) is 18.2 Å². The summed E-state index contributed by atoms with van der Waals surface area (Å²) < 4.78 is 0. The minimum absolute atomic E-state index is 0. The van der Waals surface area contributed by atoms with Crippen molar-refractivity contribution in [3.05, 3.63) is 54.5 Å². The number of halogens is 2. The van der Waals surface area contributed by atoms with Crippen LogP contribution in [0.2, 0.25) is 0 Å². The Morgan fingerprint density at radius 2 is 1.92 bits per heavy atom. The van der Waals surface area contributed by atoms with Gasteiger partial charge < -0.3 is 12.0 Å². The van der Waals surface area contributed by atoms with E-state index < -0.39 is 0 Å². The van der Waals surface area contributed by atoms with Crippen LogP contribution >= 0.6 is 35.0 Å². The molecule has 1 radical (unpaired) electrons. The van der Waals surface area contributed by atoms with Crippen LogP contribution in [0.25, 0.3) is 0 Å². The predicted octanol–water partition coefficient (Wildman–Crippen LogP) is 6.35. The van der Waals surface area contributed by atoms with Crippen molar-refractivity contribution in [2.75, 3.05) is 12.0 Å². The van der Waals surface area contributed by atoms with Crippen molar-refractivity contribution in [3.63, 3.8) is 0 Å². The van der Waals surface area contributed by atoms with E-state index in [2.05, 4.69) is 37.5 Å². The van der Waals surface area contributed by atoms with Gasteiger partial charge in [-0.25, -0.2) is 0 Å². The van der Waals surface area contributed by atoms with E-state index in [0.717, 1.165) is 43.4 Å². The fraction of sp³-hybridized carbons (Fsp3) is 0.571. The first kappa shape index (κ1) is 25.0. The van der Waals surface area contributed by atoms with Crippen molar-refractivity contribution in [2.24, 2.45) is 5.92 Å². The Morgan fingerprint density at radius 3 is 2.54 bits per heavy atom. The molecule has 1 aromatic carbocycles. The molecule has 5 atom stereocenters. The molecule has 0 bridgehead atoms. The zero-order valence-electron chi connectivity index (χ0n) is 15.5. The van der Waals surface area contributed by atoms with E-state index in [1.165, 1.54) is 5.56 Å². The van der Waals surface area contributed by atoms with Gasteiger partial charge in [0.1, 0.15) is 0 Å². The Kier molecular flexibility index (Phi) is 12.7. The van der Waals surface area contributed by atoms with Gasteiger partial charge in [-0.15, -0.1) is 23.2 Å². The van der Waals surface area contributed by atoms with Gasteiger partial charge in [0.05, 0.1) is 6.10 Å². The summed E-state index contributed by atoms with van der Waals surface area (Å²) in [5.41, 5.74) is 2.22. The number of hydrogen-bond donors (Lipinski definition) is 1. The molecule has 26 heavy (non-hydrogen) atoms. The van der Waals surface area contributed by atoms with Crippen molar-refractivity contribution in [2.45, 2.75) is 54.9 Å². The molecule has 2 rings (SSSR count). The molecule has 1 aliphatic rings. The standard InChI is InChI=1S/C21H29Cl2OS.Y/c1-3-4-5-6-7-17-18(22)14-19(23)21(17)16-10-8-15(9-11-16)20(24)12-13-25-2;/h5-6,8-11,17-21,24H,1,3-4,7,12-14H2,2H3;/q-1;/b6-5-;. The molecule has 0 aromatic heterocycles. The van der Waals surface area contributed by atoms with Crippen LogP contribution in [0.5, 0.6) is 0 Å². The summed E-state index contributed by atoms with van der Waals surface area (Å²) in [6, 6.07) is 8.33. The average Bonchev–Trinajstić information content (AvgIpc) is 2.90. The minimum atomic E-state index is -0.390. The van der Waals surface area contributed by atoms with Gasteiger partial charge in [0.25, 0.3) is 0 Å². The summed E-state index contributed by atoms with van der Waals surface area (Å²) in [7, 11) is 0. The average molecular weight is 489 g/mol. The maximum atomic E-state index is 10.2. The van der Waals surface area contributed by atoms with Gasteiger partial charge in [-0.3, -0.25) is 0 Å². The minimum Gasteiger partial charge on any atom is -0.388 e. The van der Waals surface area contributed by atoms with Gasteiger partial charge in [0.2, 0.25) is 0 Å². The molecule has 1 fully saturated rings. The van der Waals surface area contributed by atoms with Gasteiger partial charge in [-0.1, -0.05) is 42.8 Å². The second-order valence-electron chi connectivity index (χ2n) is 6.77. The van der Waals surface area contributed by atoms with Gasteiger partial charge in [-0.05, 0) is 48.3 Å². The topological polar surface area (TPSA) is 20.2 Å². The summed E-state index contributed by atoms with van der Waals surface area (Å²) in [5, 5.41) is 10.4. The van der Waals surface area contributed by atoms with Crippen LogP contribution in [0.3, 0.4) is 0 Å². The molecule has 1 saturated carbocycles. The fourth-order valence-corrected chi connectivity index (χ4v) is 5.13. The van der Waals surface area contributed by atoms with Crippen molar-refractivity contribution in [3.8, 4) is 0 Å². The molecule has 0 heterocycles. The molecule has 0 amide bonds. The number of aliphatic hydroxyl groups excluding tert-OH is 1. The number of alkyl halides is 2. The maximum Gasteiger partial charge on any atom is 0.0797 e. The summed E-state index contributed by atoms with van der Waals surface area (Å²) in [4.78, 5) is 0. The summed E-state index contributed by atoms with van der Waals surface area (Å²) >= 11 is 15.0. The number of hydrogen-bond acceptors (Lipinski definition) is 2. The number of thioether (sulfide) groups is 1. The quantitative estimate of drug-likeness (QED) is 0.248. The first-order chi connectivity index (χ1) is 12.1. The van der Waals surface area contributed by atoms with Crippen LogP contribution in [0.1, 0.15) is 55.3 Å². The van der Waals surface area contributed by atoms with E-state index in [0.29, 0.717) is 5.92 Å². The summed E-state index contributed by atoms with van der Waals surface area (Å²) in [6.45, 7) is 3.87. The van der Waals surface area contributed by atoms with Crippen LogP contribution < -0.4 is 0 Å². The molecular formula is C21H29Cl2OSY-. The van der Waals surface area contributed by atoms with Crippen molar-refractivity contribution in [1.29, 1.82) is 0 Å². The Bertz CT molecular complexity index is 537. The molecular weight excluding hydrogens is 460 g/mol. The first-order valence-corrected chi connectivity index (χ1v) is 11.3. The van der Waals surface area contributed by atoms with Gasteiger partial charge >= 0.3 is 0 Å². The number of benzene rings is 1. The molecule has 1 aromatic rings. The predicted molar refractivity (Wildman–Crippen MR) is 113 cm³/mol. The maximum absolute atomic E-state index is 10.2. The van der Waals surface area contributed by atoms with Crippen molar-refractivity contribution in [1.82, 2.24) is 0 Å². The van der Waals surface area contributed by atoms with Crippen molar-refractivity contribution < 1.29 is 37.8 Å². The van der Waals surface area contributed by atoms with Crippen LogP contribution in [-0.2, 0) is 32.7 Å². The third-order valence-electron chi connectivity index (χ3n) is 5.01. The Morgan fingerprint density at radius 1 is 1.23 bits per heavy atom. The molecule has 1 nitrogen and oxygen atoms in total. The molecule has 143 valence electrons. The normalized spacial score (nSPS) is 26.8. The third kappa shape index (κ3) is 7.09. The molecule has 5 heteroatoms. The van der Waals surface area contributed by atoms with E-state index >= 15 is 0 Å². The van der Waals surface area contributed by atoms with Crippen LogP contribution in [-0.4, -0.2) is 27.9 Å². The smallest absolute Gasteiger partial charge is 0.0797 e. The Balaban J connectivity index is 0.00000338. The largest absolute Gasteiger partial charge is 0.388 e. The molecule has 5 unspecified atom stereocenters. The number of rotatable bonds is 9.